The summed E-state index contributed by atoms with van der Waals surface area (Å²) in [5.74, 6) is -0.915. The highest BCUT2D eigenvalue weighted by Gasteiger charge is 2.02. The summed E-state index contributed by atoms with van der Waals surface area (Å²) in [5, 5.41) is 11.9. The highest BCUT2D eigenvalue weighted by atomic mass is 16.4. The van der Waals surface area contributed by atoms with Crippen LogP contribution >= 0.6 is 0 Å². The molecule has 0 radical (unpaired) electrons. The second kappa shape index (κ2) is 4.72. The minimum absolute atomic E-state index is 0.0421. The molecular formula is C5H10N2O3. The molecule has 0 aromatic rings. The van der Waals surface area contributed by atoms with Crippen molar-refractivity contribution >= 4 is 5.97 Å². The number of carbonyl (C=O) groups is 1. The average Bonchev–Trinajstić information content (AvgIpc) is 1.90. The van der Waals surface area contributed by atoms with E-state index in [0.717, 1.165) is 5.01 Å². The minimum Gasteiger partial charge on any atom is -0.481 e. The zero-order valence-corrected chi connectivity index (χ0v) is 5.78. The molecule has 0 atom stereocenters. The van der Waals surface area contributed by atoms with Gasteiger partial charge in [0.1, 0.15) is 0 Å². The Balaban J connectivity index is 3.44. The molecule has 0 spiro atoms. The highest BCUT2D eigenvalue weighted by molar-refractivity contribution is 5.66. The fourth-order valence-corrected chi connectivity index (χ4v) is 0.481. The number of nitrogens with zero attached hydrogens (tertiary/aromatic N) is 2. The number of nitroso groups, excluding NO2 is 1. The maximum atomic E-state index is 9.97. The van der Waals surface area contributed by atoms with Crippen LogP contribution in [0.2, 0.25) is 0 Å². The van der Waals surface area contributed by atoms with Crippen molar-refractivity contribution in [1.82, 2.24) is 5.01 Å². The number of hydrogen-bond donors (Lipinski definition) is 1. The van der Waals surface area contributed by atoms with Crippen LogP contribution in [0, 0.1) is 4.91 Å². The van der Waals surface area contributed by atoms with E-state index in [9.17, 15) is 9.70 Å². The van der Waals surface area contributed by atoms with E-state index in [1.165, 1.54) is 0 Å². The monoisotopic (exact) mass is 146 g/mol. The molecule has 0 saturated carbocycles. The average molecular weight is 146 g/mol. The zero-order chi connectivity index (χ0) is 7.98. The third-order valence-corrected chi connectivity index (χ3v) is 1.06. The van der Waals surface area contributed by atoms with Crippen LogP contribution in [0.4, 0.5) is 0 Å². The van der Waals surface area contributed by atoms with Gasteiger partial charge >= 0.3 is 5.97 Å². The highest BCUT2D eigenvalue weighted by Crippen LogP contribution is 1.90. The van der Waals surface area contributed by atoms with Crippen LogP contribution in [0.3, 0.4) is 0 Å². The predicted octanol–water partition coefficient (Wildman–Crippen LogP) is 0.464. The lowest BCUT2D eigenvalue weighted by atomic mass is 10.4. The number of rotatable bonds is 5. The van der Waals surface area contributed by atoms with Crippen molar-refractivity contribution in [3.63, 3.8) is 0 Å². The Bertz CT molecular complexity index is 126. The molecule has 0 rings (SSSR count). The normalized spacial score (nSPS) is 8.90. The molecule has 0 aliphatic rings. The molecule has 0 saturated heterocycles. The van der Waals surface area contributed by atoms with Crippen molar-refractivity contribution in [2.45, 2.75) is 13.3 Å². The topological polar surface area (TPSA) is 70.0 Å². The van der Waals surface area contributed by atoms with Crippen LogP contribution in [0.25, 0.3) is 0 Å². The first-order chi connectivity index (χ1) is 4.70. The Morgan fingerprint density at radius 3 is 2.60 bits per heavy atom. The summed E-state index contributed by atoms with van der Waals surface area (Å²) in [6.07, 6.45) is -0.0421. The van der Waals surface area contributed by atoms with Crippen LogP contribution in [0.5, 0.6) is 0 Å². The molecular weight excluding hydrogens is 136 g/mol. The summed E-state index contributed by atoms with van der Waals surface area (Å²) < 4.78 is 0. The number of carboxylic acids is 1. The summed E-state index contributed by atoms with van der Waals surface area (Å²) in [6.45, 7) is 2.38. The second-order valence-corrected chi connectivity index (χ2v) is 1.77. The summed E-state index contributed by atoms with van der Waals surface area (Å²) in [6, 6.07) is 0. The molecule has 0 unspecified atom stereocenters. The van der Waals surface area contributed by atoms with Crippen molar-refractivity contribution in [3.8, 4) is 0 Å². The maximum absolute atomic E-state index is 9.97. The molecule has 10 heavy (non-hydrogen) atoms. The molecule has 0 bridgehead atoms. The van der Waals surface area contributed by atoms with Crippen molar-refractivity contribution in [3.05, 3.63) is 4.91 Å². The lowest BCUT2D eigenvalue weighted by Crippen LogP contribution is -2.19. The van der Waals surface area contributed by atoms with Gasteiger partial charge in [0, 0.05) is 13.1 Å². The second-order valence-electron chi connectivity index (χ2n) is 1.77. The van der Waals surface area contributed by atoms with Crippen molar-refractivity contribution in [2.24, 2.45) is 5.29 Å². The zero-order valence-electron chi connectivity index (χ0n) is 5.78. The van der Waals surface area contributed by atoms with Gasteiger partial charge in [0.15, 0.2) is 0 Å². The largest absolute Gasteiger partial charge is 0.481 e. The Morgan fingerprint density at radius 1 is 1.70 bits per heavy atom. The van der Waals surface area contributed by atoms with Gasteiger partial charge < -0.3 is 5.11 Å². The first kappa shape index (κ1) is 8.87. The first-order valence-electron chi connectivity index (χ1n) is 3.00. The van der Waals surface area contributed by atoms with E-state index in [4.69, 9.17) is 5.11 Å². The van der Waals surface area contributed by atoms with Gasteiger partial charge in [0.05, 0.1) is 11.7 Å². The molecule has 58 valence electrons. The fraction of sp³-hybridized carbons (Fsp3) is 0.800. The molecule has 0 aromatic carbocycles. The maximum Gasteiger partial charge on any atom is 0.305 e. The van der Waals surface area contributed by atoms with Crippen LogP contribution < -0.4 is 0 Å². The van der Waals surface area contributed by atoms with Crippen LogP contribution in [-0.2, 0) is 4.79 Å². The molecule has 0 aliphatic carbocycles. The molecule has 0 heterocycles. The molecule has 0 amide bonds. The van der Waals surface area contributed by atoms with Gasteiger partial charge in [-0.25, -0.2) is 0 Å². The lowest BCUT2D eigenvalue weighted by Gasteiger charge is -2.09. The third kappa shape index (κ3) is 3.82. The van der Waals surface area contributed by atoms with E-state index in [-0.39, 0.29) is 13.0 Å². The van der Waals surface area contributed by atoms with Gasteiger partial charge in [-0.1, -0.05) is 0 Å². The van der Waals surface area contributed by atoms with E-state index < -0.39 is 5.97 Å². The van der Waals surface area contributed by atoms with Gasteiger partial charge in [-0.2, -0.15) is 0 Å². The molecule has 0 fully saturated rings. The Kier molecular flexibility index (Phi) is 4.19. The molecule has 0 aromatic heterocycles. The van der Waals surface area contributed by atoms with E-state index >= 15 is 0 Å². The summed E-state index contributed by atoms with van der Waals surface area (Å²) >= 11 is 0. The molecule has 5 nitrogen and oxygen atoms in total. The Labute approximate surface area is 58.6 Å². The first-order valence-corrected chi connectivity index (χ1v) is 3.00. The van der Waals surface area contributed by atoms with Gasteiger partial charge in [0.2, 0.25) is 0 Å². The van der Waals surface area contributed by atoms with Crippen molar-refractivity contribution in [1.29, 1.82) is 0 Å². The van der Waals surface area contributed by atoms with Gasteiger partial charge in [-0.3, -0.25) is 9.80 Å². The van der Waals surface area contributed by atoms with E-state index in [0.29, 0.717) is 6.54 Å². The lowest BCUT2D eigenvalue weighted by molar-refractivity contribution is -0.137. The van der Waals surface area contributed by atoms with Crippen LogP contribution in [0.15, 0.2) is 5.29 Å². The smallest absolute Gasteiger partial charge is 0.305 e. The van der Waals surface area contributed by atoms with E-state index in [1.807, 2.05) is 0 Å². The van der Waals surface area contributed by atoms with Gasteiger partial charge in [-0.15, -0.1) is 4.91 Å². The SMILES string of the molecule is CCN(CCC(=O)O)N=O. The van der Waals surface area contributed by atoms with E-state index in [2.05, 4.69) is 5.29 Å². The Morgan fingerprint density at radius 2 is 2.30 bits per heavy atom. The van der Waals surface area contributed by atoms with Crippen LogP contribution in [0.1, 0.15) is 13.3 Å². The number of aliphatic carboxylic acids is 1. The molecule has 1 N–H and O–H groups in total. The van der Waals surface area contributed by atoms with Gasteiger partial charge in [-0.05, 0) is 6.92 Å². The molecule has 0 aliphatic heterocycles. The van der Waals surface area contributed by atoms with Gasteiger partial charge in [0.25, 0.3) is 0 Å². The van der Waals surface area contributed by atoms with Crippen molar-refractivity contribution < 1.29 is 9.90 Å². The minimum atomic E-state index is -0.915. The fourth-order valence-electron chi connectivity index (χ4n) is 0.481. The number of carboxylic acid groups (broad SMARTS) is 1. The summed E-state index contributed by atoms with van der Waals surface area (Å²) in [5.41, 5.74) is 0. The summed E-state index contributed by atoms with van der Waals surface area (Å²) in [4.78, 5) is 19.8. The standard InChI is InChI=1S/C5H10N2O3/c1-2-7(6-10)4-3-5(8)9/h2-4H2,1H3,(H,8,9). The summed E-state index contributed by atoms with van der Waals surface area (Å²) in [7, 11) is 0. The predicted molar refractivity (Wildman–Crippen MR) is 35.3 cm³/mol. The Hall–Kier alpha value is -1.13. The van der Waals surface area contributed by atoms with Crippen molar-refractivity contribution in [2.75, 3.05) is 13.1 Å². The van der Waals surface area contributed by atoms with E-state index in [1.54, 1.807) is 6.92 Å². The quantitative estimate of drug-likeness (QED) is 0.452. The molecule has 5 heteroatoms. The number of hydrogen-bond acceptors (Lipinski definition) is 3. The van der Waals surface area contributed by atoms with Crippen LogP contribution in [-0.4, -0.2) is 29.2 Å². The third-order valence-electron chi connectivity index (χ3n) is 1.06.